The lowest BCUT2D eigenvalue weighted by Crippen LogP contribution is -2.16. The molecule has 0 amide bonds. The largest absolute Gasteiger partial charge is 0.453 e. The quantitative estimate of drug-likeness (QED) is 0.858. The maximum absolute atomic E-state index is 13.0. The summed E-state index contributed by atoms with van der Waals surface area (Å²) in [5, 5.41) is 3.71. The number of aryl methyl sites for hydroxylation is 1. The van der Waals surface area contributed by atoms with Gasteiger partial charge in [0.1, 0.15) is 0 Å². The Labute approximate surface area is 132 Å². The minimum atomic E-state index is -4.56. The molecule has 0 bridgehead atoms. The van der Waals surface area contributed by atoms with Gasteiger partial charge in [-0.05, 0) is 42.4 Å². The van der Waals surface area contributed by atoms with E-state index in [1.807, 2.05) is 19.1 Å². The summed E-state index contributed by atoms with van der Waals surface area (Å²) in [6, 6.07) is 5.93. The molecule has 1 aliphatic carbocycles. The number of hydrogen-bond donors (Lipinski definition) is 0. The summed E-state index contributed by atoms with van der Waals surface area (Å²) in [7, 11) is 3.32. The summed E-state index contributed by atoms with van der Waals surface area (Å²) >= 11 is 0. The summed E-state index contributed by atoms with van der Waals surface area (Å²) in [6.07, 6.45) is -1.46. The van der Waals surface area contributed by atoms with Crippen molar-refractivity contribution in [2.75, 3.05) is 19.0 Å². The fraction of sp³-hybridized carbons (Fsp3) is 0.500. The number of alkyl halides is 3. The van der Waals surface area contributed by atoms with Crippen LogP contribution in [0, 0.1) is 0 Å². The van der Waals surface area contributed by atoms with Gasteiger partial charge in [0.25, 0.3) is 5.82 Å². The smallest absolute Gasteiger partial charge is 0.347 e. The van der Waals surface area contributed by atoms with Gasteiger partial charge in [0, 0.05) is 14.1 Å². The number of rotatable bonds is 4. The van der Waals surface area contributed by atoms with E-state index in [9.17, 15) is 13.2 Å². The molecule has 1 heterocycles. The van der Waals surface area contributed by atoms with E-state index in [0.29, 0.717) is 11.6 Å². The van der Waals surface area contributed by atoms with Gasteiger partial charge in [0.2, 0.25) is 5.95 Å². The molecular weight excluding hydrogens is 305 g/mol. The summed E-state index contributed by atoms with van der Waals surface area (Å²) < 4.78 is 40.2. The summed E-state index contributed by atoms with van der Waals surface area (Å²) in [5.74, 6) is -0.343. The van der Waals surface area contributed by atoms with Gasteiger partial charge in [-0.25, -0.2) is 0 Å². The molecular formula is C16H19F3N4. The molecule has 7 heteroatoms. The average molecular weight is 324 g/mol. The Morgan fingerprint density at radius 3 is 2.48 bits per heavy atom. The van der Waals surface area contributed by atoms with E-state index < -0.39 is 12.0 Å². The van der Waals surface area contributed by atoms with Gasteiger partial charge in [0.15, 0.2) is 0 Å². The first kappa shape index (κ1) is 15.8. The van der Waals surface area contributed by atoms with Gasteiger partial charge in [-0.15, -0.1) is 5.10 Å². The Balaban J connectivity index is 2.11. The zero-order chi connectivity index (χ0) is 16.8. The Hall–Kier alpha value is -2.05. The normalized spacial score (nSPS) is 15.0. The van der Waals surface area contributed by atoms with E-state index in [-0.39, 0.29) is 5.95 Å². The number of aromatic nitrogens is 3. The molecule has 0 N–H and O–H groups in total. The molecule has 0 saturated heterocycles. The first-order valence-corrected chi connectivity index (χ1v) is 7.66. The van der Waals surface area contributed by atoms with Crippen LogP contribution in [0.1, 0.15) is 42.6 Å². The van der Waals surface area contributed by atoms with Crippen LogP contribution in [-0.2, 0) is 12.6 Å². The molecule has 1 aromatic heterocycles. The van der Waals surface area contributed by atoms with Gasteiger partial charge in [-0.1, -0.05) is 19.1 Å². The topological polar surface area (TPSA) is 34.0 Å². The SMILES string of the molecule is CCc1cc(C2CC2)ccc1-n1nc(C(F)(F)F)nc1N(C)C. The lowest BCUT2D eigenvalue weighted by molar-refractivity contribution is -0.144. The van der Waals surface area contributed by atoms with Crippen LogP contribution in [0.15, 0.2) is 18.2 Å². The lowest BCUT2D eigenvalue weighted by atomic mass is 10.0. The summed E-state index contributed by atoms with van der Waals surface area (Å²) in [5.41, 5.74) is 2.90. The van der Waals surface area contributed by atoms with Gasteiger partial charge < -0.3 is 4.90 Å². The molecule has 1 fully saturated rings. The summed E-state index contributed by atoms with van der Waals surface area (Å²) in [4.78, 5) is 5.19. The molecule has 1 aliphatic rings. The number of hydrogen-bond acceptors (Lipinski definition) is 3. The van der Waals surface area contributed by atoms with Gasteiger partial charge >= 0.3 is 6.18 Å². The van der Waals surface area contributed by atoms with Crippen molar-refractivity contribution in [3.8, 4) is 5.69 Å². The van der Waals surface area contributed by atoms with Crippen LogP contribution in [-0.4, -0.2) is 28.9 Å². The fourth-order valence-corrected chi connectivity index (χ4v) is 2.64. The zero-order valence-corrected chi connectivity index (χ0v) is 13.4. The Morgan fingerprint density at radius 1 is 1.26 bits per heavy atom. The van der Waals surface area contributed by atoms with Crippen molar-refractivity contribution in [1.29, 1.82) is 0 Å². The molecule has 0 unspecified atom stereocenters. The third-order valence-corrected chi connectivity index (χ3v) is 4.01. The highest BCUT2D eigenvalue weighted by molar-refractivity contribution is 5.49. The Morgan fingerprint density at radius 2 is 1.96 bits per heavy atom. The molecule has 0 spiro atoms. The Kier molecular flexibility index (Phi) is 3.82. The zero-order valence-electron chi connectivity index (χ0n) is 13.4. The molecule has 23 heavy (non-hydrogen) atoms. The minimum absolute atomic E-state index is 0.172. The second-order valence-electron chi connectivity index (χ2n) is 6.06. The molecule has 0 aliphatic heterocycles. The van der Waals surface area contributed by atoms with Crippen molar-refractivity contribution in [1.82, 2.24) is 14.8 Å². The van der Waals surface area contributed by atoms with E-state index >= 15 is 0 Å². The average Bonchev–Trinajstić information content (AvgIpc) is 3.23. The maximum Gasteiger partial charge on any atom is 0.453 e. The van der Waals surface area contributed by atoms with Gasteiger partial charge in [0.05, 0.1) is 5.69 Å². The monoisotopic (exact) mass is 324 g/mol. The van der Waals surface area contributed by atoms with E-state index in [4.69, 9.17) is 0 Å². The van der Waals surface area contributed by atoms with Crippen molar-refractivity contribution in [2.45, 2.75) is 38.3 Å². The number of halogens is 3. The number of nitrogens with zero attached hydrogens (tertiary/aromatic N) is 4. The molecule has 1 aromatic carbocycles. The second-order valence-corrected chi connectivity index (χ2v) is 6.06. The van der Waals surface area contributed by atoms with E-state index in [1.54, 1.807) is 14.1 Å². The highest BCUT2D eigenvalue weighted by Crippen LogP contribution is 2.41. The maximum atomic E-state index is 13.0. The highest BCUT2D eigenvalue weighted by atomic mass is 19.4. The van der Waals surface area contributed by atoms with Crippen LogP contribution >= 0.6 is 0 Å². The van der Waals surface area contributed by atoms with Crippen LogP contribution in [0.5, 0.6) is 0 Å². The highest BCUT2D eigenvalue weighted by Gasteiger charge is 2.38. The van der Waals surface area contributed by atoms with E-state index in [0.717, 1.165) is 12.0 Å². The van der Waals surface area contributed by atoms with Crippen LogP contribution in [0.3, 0.4) is 0 Å². The fourth-order valence-electron chi connectivity index (χ4n) is 2.64. The number of benzene rings is 1. The number of anilines is 1. The first-order chi connectivity index (χ1) is 10.8. The third kappa shape index (κ3) is 3.04. The lowest BCUT2D eigenvalue weighted by Gasteiger charge is -2.15. The van der Waals surface area contributed by atoms with E-state index in [2.05, 4.69) is 16.1 Å². The minimum Gasteiger partial charge on any atom is -0.347 e. The molecule has 2 aromatic rings. The van der Waals surface area contributed by atoms with Gasteiger partial charge in [-0.2, -0.15) is 22.8 Å². The second kappa shape index (κ2) is 5.54. The predicted octanol–water partition coefficient (Wildman–Crippen LogP) is 3.79. The van der Waals surface area contributed by atoms with E-state index in [1.165, 1.54) is 28.0 Å². The molecule has 1 saturated carbocycles. The third-order valence-electron chi connectivity index (χ3n) is 4.01. The Bertz CT molecular complexity index is 715. The van der Waals surface area contributed by atoms with Crippen molar-refractivity contribution in [3.63, 3.8) is 0 Å². The predicted molar refractivity (Wildman–Crippen MR) is 82.0 cm³/mol. The van der Waals surface area contributed by atoms with Crippen molar-refractivity contribution >= 4 is 5.95 Å². The van der Waals surface area contributed by atoms with Crippen LogP contribution in [0.25, 0.3) is 5.69 Å². The van der Waals surface area contributed by atoms with Crippen molar-refractivity contribution < 1.29 is 13.2 Å². The molecule has 0 radical (unpaired) electrons. The van der Waals surface area contributed by atoms with Crippen molar-refractivity contribution in [2.24, 2.45) is 0 Å². The molecule has 4 nitrogen and oxygen atoms in total. The van der Waals surface area contributed by atoms with Gasteiger partial charge in [-0.3, -0.25) is 0 Å². The standard InChI is InChI=1S/C16H19F3N4/c1-4-10-9-12(11-5-6-11)7-8-13(10)23-15(22(2)3)20-14(21-23)16(17,18)19/h7-9,11H,4-6H2,1-3H3. The summed E-state index contributed by atoms with van der Waals surface area (Å²) in [6.45, 7) is 1.99. The van der Waals surface area contributed by atoms with Crippen molar-refractivity contribution in [3.05, 3.63) is 35.2 Å². The van der Waals surface area contributed by atoms with Crippen LogP contribution < -0.4 is 4.90 Å². The first-order valence-electron chi connectivity index (χ1n) is 7.66. The molecule has 124 valence electrons. The van der Waals surface area contributed by atoms with Crippen LogP contribution in [0.2, 0.25) is 0 Å². The molecule has 0 atom stereocenters. The van der Waals surface area contributed by atoms with Crippen LogP contribution in [0.4, 0.5) is 19.1 Å². The molecule has 3 rings (SSSR count).